The zero-order valence-electron chi connectivity index (χ0n) is 13.2. The number of benzene rings is 1. The van der Waals surface area contributed by atoms with Gasteiger partial charge in [0, 0.05) is 29.9 Å². The van der Waals surface area contributed by atoms with E-state index in [-0.39, 0.29) is 5.56 Å². The van der Waals surface area contributed by atoms with Gasteiger partial charge in [-0.1, -0.05) is 0 Å². The lowest BCUT2D eigenvalue weighted by Crippen LogP contribution is -2.18. The van der Waals surface area contributed by atoms with Gasteiger partial charge in [-0.2, -0.15) is 0 Å². The summed E-state index contributed by atoms with van der Waals surface area (Å²) in [5, 5.41) is 5.38. The molecule has 0 spiro atoms. The van der Waals surface area contributed by atoms with Crippen LogP contribution in [-0.4, -0.2) is 11.2 Å². The molecule has 3 rings (SSSR count). The number of rotatable bonds is 6. The van der Waals surface area contributed by atoms with Crippen LogP contribution in [-0.2, 0) is 7.05 Å². The molecule has 0 bridgehead atoms. The van der Waals surface area contributed by atoms with Crippen molar-refractivity contribution in [2.45, 2.75) is 19.8 Å². The minimum atomic E-state index is -0.000817. The normalized spacial score (nSPS) is 13.9. The molecule has 5 nitrogen and oxygen atoms in total. The minimum absolute atomic E-state index is 0.000817. The van der Waals surface area contributed by atoms with E-state index in [4.69, 9.17) is 14.1 Å². The van der Waals surface area contributed by atoms with E-state index in [0.29, 0.717) is 17.2 Å². The van der Waals surface area contributed by atoms with Crippen LogP contribution in [0.4, 0.5) is 0 Å². The Morgan fingerprint density at radius 3 is 2.78 bits per heavy atom. The molecule has 1 aromatic carbocycles. The number of hydrogen-bond donors (Lipinski definition) is 1. The SMILES string of the molecule is Cc1cc(-c2cc(OSN)ccc2OCC2CC2)cn(C)c1=O. The number of nitrogens with two attached hydrogens (primary N) is 1. The second-order valence-electron chi connectivity index (χ2n) is 5.92. The van der Waals surface area contributed by atoms with Crippen molar-refractivity contribution < 1.29 is 8.92 Å². The van der Waals surface area contributed by atoms with Gasteiger partial charge in [0.25, 0.3) is 5.56 Å². The topological polar surface area (TPSA) is 66.5 Å². The van der Waals surface area contributed by atoms with E-state index in [2.05, 4.69) is 0 Å². The van der Waals surface area contributed by atoms with Crippen LogP contribution in [0.1, 0.15) is 18.4 Å². The van der Waals surface area contributed by atoms with Crippen molar-refractivity contribution in [3.63, 3.8) is 0 Å². The monoisotopic (exact) mass is 332 g/mol. The van der Waals surface area contributed by atoms with Crippen molar-refractivity contribution in [2.75, 3.05) is 6.61 Å². The highest BCUT2D eigenvalue weighted by Crippen LogP contribution is 2.36. The molecule has 2 N–H and O–H groups in total. The molecule has 0 atom stereocenters. The Morgan fingerprint density at radius 2 is 2.13 bits per heavy atom. The molecule has 122 valence electrons. The number of hydrogen-bond acceptors (Lipinski definition) is 5. The first-order valence-electron chi connectivity index (χ1n) is 7.56. The van der Waals surface area contributed by atoms with E-state index in [1.54, 1.807) is 11.6 Å². The maximum Gasteiger partial charge on any atom is 0.253 e. The molecule has 1 saturated carbocycles. The van der Waals surface area contributed by atoms with Crippen LogP contribution in [0, 0.1) is 12.8 Å². The number of ether oxygens (including phenoxy) is 1. The first kappa shape index (κ1) is 16.0. The Labute approximate surface area is 139 Å². The van der Waals surface area contributed by atoms with Crippen molar-refractivity contribution in [1.82, 2.24) is 4.57 Å². The smallest absolute Gasteiger partial charge is 0.253 e. The highest BCUT2D eigenvalue weighted by Gasteiger charge is 2.22. The quantitative estimate of drug-likeness (QED) is 0.650. The molecule has 0 amide bonds. The lowest BCUT2D eigenvalue weighted by atomic mass is 10.0. The number of pyridine rings is 1. The van der Waals surface area contributed by atoms with Crippen molar-refractivity contribution in [3.8, 4) is 22.6 Å². The number of aromatic nitrogens is 1. The third-order valence-electron chi connectivity index (χ3n) is 3.94. The van der Waals surface area contributed by atoms with E-state index in [0.717, 1.165) is 35.7 Å². The van der Waals surface area contributed by atoms with Gasteiger partial charge in [0.15, 0.2) is 0 Å². The van der Waals surface area contributed by atoms with Crippen LogP contribution >= 0.6 is 12.2 Å². The van der Waals surface area contributed by atoms with Gasteiger partial charge >= 0.3 is 0 Å². The molecule has 1 aromatic heterocycles. The highest BCUT2D eigenvalue weighted by molar-refractivity contribution is 7.92. The largest absolute Gasteiger partial charge is 0.493 e. The fourth-order valence-electron chi connectivity index (χ4n) is 2.49. The molecule has 1 aliphatic rings. The number of nitrogens with zero attached hydrogens (tertiary/aromatic N) is 1. The molecule has 1 aliphatic carbocycles. The van der Waals surface area contributed by atoms with Crippen molar-refractivity contribution in [2.24, 2.45) is 18.1 Å². The highest BCUT2D eigenvalue weighted by atomic mass is 32.2. The van der Waals surface area contributed by atoms with E-state index in [1.165, 1.54) is 12.8 Å². The summed E-state index contributed by atoms with van der Waals surface area (Å²) in [5.41, 5.74) is 2.51. The van der Waals surface area contributed by atoms with Gasteiger partial charge in [0.2, 0.25) is 0 Å². The van der Waals surface area contributed by atoms with Crippen LogP contribution in [0.5, 0.6) is 11.5 Å². The summed E-state index contributed by atoms with van der Waals surface area (Å²) in [4.78, 5) is 11.9. The van der Waals surface area contributed by atoms with Gasteiger partial charge in [0.1, 0.15) is 23.7 Å². The van der Waals surface area contributed by atoms with E-state index < -0.39 is 0 Å². The average Bonchev–Trinajstić information content (AvgIpc) is 3.35. The van der Waals surface area contributed by atoms with E-state index in [1.807, 2.05) is 37.4 Å². The Morgan fingerprint density at radius 1 is 1.35 bits per heavy atom. The molecule has 1 heterocycles. The summed E-state index contributed by atoms with van der Waals surface area (Å²) in [6.07, 6.45) is 4.28. The van der Waals surface area contributed by atoms with Gasteiger partial charge in [-0.15, -0.1) is 0 Å². The maximum atomic E-state index is 11.9. The molecule has 0 unspecified atom stereocenters. The summed E-state index contributed by atoms with van der Waals surface area (Å²) in [7, 11) is 1.75. The molecule has 0 radical (unpaired) electrons. The molecular formula is C17H20N2O3S. The molecule has 6 heteroatoms. The Bertz CT molecular complexity index is 743. The summed E-state index contributed by atoms with van der Waals surface area (Å²) < 4.78 is 12.9. The molecule has 2 aromatic rings. The van der Waals surface area contributed by atoms with Crippen LogP contribution in [0.15, 0.2) is 35.3 Å². The van der Waals surface area contributed by atoms with Gasteiger partial charge in [-0.05, 0) is 49.9 Å². The molecule has 23 heavy (non-hydrogen) atoms. The first-order chi connectivity index (χ1) is 11.1. The second kappa shape index (κ2) is 6.68. The van der Waals surface area contributed by atoms with E-state index >= 15 is 0 Å². The fraction of sp³-hybridized carbons (Fsp3) is 0.353. The van der Waals surface area contributed by atoms with Gasteiger partial charge < -0.3 is 13.5 Å². The first-order valence-corrected chi connectivity index (χ1v) is 8.37. The zero-order chi connectivity index (χ0) is 16.4. The summed E-state index contributed by atoms with van der Waals surface area (Å²) in [6.45, 7) is 2.54. The molecule has 0 saturated heterocycles. The predicted octanol–water partition coefficient (Wildman–Crippen LogP) is 3.05. The number of aryl methyl sites for hydroxylation is 2. The average molecular weight is 332 g/mol. The van der Waals surface area contributed by atoms with Gasteiger partial charge in [-0.25, -0.2) is 5.14 Å². The van der Waals surface area contributed by atoms with Crippen LogP contribution in [0.2, 0.25) is 0 Å². The van der Waals surface area contributed by atoms with Crippen molar-refractivity contribution >= 4 is 12.2 Å². The standard InChI is InChI=1S/C17H20N2O3S/c1-11-7-13(9-19(2)17(11)20)15-8-14(22-23-18)5-6-16(15)21-10-12-3-4-12/h5-9,12H,3-4,10,18H2,1-2H3. The minimum Gasteiger partial charge on any atom is -0.493 e. The van der Waals surface area contributed by atoms with Crippen LogP contribution in [0.25, 0.3) is 11.1 Å². The van der Waals surface area contributed by atoms with Crippen molar-refractivity contribution in [3.05, 3.63) is 46.4 Å². The van der Waals surface area contributed by atoms with Gasteiger partial charge in [-0.3, -0.25) is 4.79 Å². The Balaban J connectivity index is 2.02. The molecule has 0 aliphatic heterocycles. The third kappa shape index (κ3) is 3.71. The Hall–Kier alpha value is -1.92. The third-order valence-corrected chi connectivity index (χ3v) is 4.23. The van der Waals surface area contributed by atoms with Crippen LogP contribution < -0.4 is 19.6 Å². The maximum absolute atomic E-state index is 11.9. The molecular weight excluding hydrogens is 312 g/mol. The summed E-state index contributed by atoms with van der Waals surface area (Å²) in [5.74, 6) is 2.11. The fourth-order valence-corrected chi connectivity index (χ4v) is 2.70. The van der Waals surface area contributed by atoms with Gasteiger partial charge in [0.05, 0.1) is 6.61 Å². The predicted molar refractivity (Wildman–Crippen MR) is 92.5 cm³/mol. The lowest BCUT2D eigenvalue weighted by molar-refractivity contribution is 0.301. The Kier molecular flexibility index (Phi) is 4.63. The second-order valence-corrected chi connectivity index (χ2v) is 6.28. The van der Waals surface area contributed by atoms with Crippen LogP contribution in [0.3, 0.4) is 0 Å². The summed E-state index contributed by atoms with van der Waals surface area (Å²) >= 11 is 0.805. The van der Waals surface area contributed by atoms with Crippen molar-refractivity contribution in [1.29, 1.82) is 0 Å². The zero-order valence-corrected chi connectivity index (χ0v) is 14.1. The lowest BCUT2D eigenvalue weighted by Gasteiger charge is -2.14. The summed E-state index contributed by atoms with van der Waals surface area (Å²) in [6, 6.07) is 7.49. The van der Waals surface area contributed by atoms with E-state index in [9.17, 15) is 4.79 Å². The molecule has 1 fully saturated rings.